The first-order chi connectivity index (χ1) is 14.2. The summed E-state index contributed by atoms with van der Waals surface area (Å²) in [6.07, 6.45) is 2.37. The summed E-state index contributed by atoms with van der Waals surface area (Å²) < 4.78 is 53.9. The van der Waals surface area contributed by atoms with E-state index in [2.05, 4.69) is 4.72 Å². The average Bonchev–Trinajstić information content (AvgIpc) is 2.69. The Bertz CT molecular complexity index is 1240. The molecule has 0 bridgehead atoms. The van der Waals surface area contributed by atoms with Crippen LogP contribution in [0.4, 0.5) is 14.5 Å². The highest BCUT2D eigenvalue weighted by Gasteiger charge is 2.18. The number of ketones is 1. The Morgan fingerprint density at radius 1 is 0.933 bits per heavy atom. The van der Waals surface area contributed by atoms with Gasteiger partial charge in [0, 0.05) is 27.9 Å². The number of nitrogens with one attached hydrogen (secondary N) is 1. The van der Waals surface area contributed by atoms with Crippen LogP contribution in [0.2, 0.25) is 10.0 Å². The summed E-state index contributed by atoms with van der Waals surface area (Å²) in [5.41, 5.74) is 0.515. The van der Waals surface area contributed by atoms with Gasteiger partial charge in [0.15, 0.2) is 5.78 Å². The van der Waals surface area contributed by atoms with Crippen LogP contribution in [-0.4, -0.2) is 14.2 Å². The monoisotopic (exact) mass is 467 g/mol. The van der Waals surface area contributed by atoms with Gasteiger partial charge in [0.1, 0.15) is 16.5 Å². The van der Waals surface area contributed by atoms with Gasteiger partial charge >= 0.3 is 0 Å². The fourth-order valence-electron chi connectivity index (χ4n) is 2.49. The smallest absolute Gasteiger partial charge is 0.263 e. The fraction of sp³-hybridized carbons (Fsp3) is 0. The summed E-state index contributed by atoms with van der Waals surface area (Å²) in [7, 11) is -3.99. The molecule has 0 spiro atoms. The van der Waals surface area contributed by atoms with E-state index in [0.717, 1.165) is 18.2 Å². The molecule has 154 valence electrons. The van der Waals surface area contributed by atoms with Gasteiger partial charge in [0.05, 0.1) is 5.02 Å². The van der Waals surface area contributed by atoms with Gasteiger partial charge in [-0.3, -0.25) is 9.52 Å². The zero-order valence-electron chi connectivity index (χ0n) is 15.1. The van der Waals surface area contributed by atoms with Crippen molar-refractivity contribution in [2.24, 2.45) is 0 Å². The first-order valence-electron chi connectivity index (χ1n) is 8.41. The molecule has 9 heteroatoms. The van der Waals surface area contributed by atoms with Crippen molar-refractivity contribution in [3.8, 4) is 0 Å². The molecular formula is C21H13Cl2F2NO3S. The Labute approximate surface area is 181 Å². The van der Waals surface area contributed by atoms with Gasteiger partial charge in [-0.05, 0) is 66.7 Å². The third-order valence-corrected chi connectivity index (χ3v) is 6.08. The lowest BCUT2D eigenvalue weighted by Crippen LogP contribution is -2.13. The zero-order chi connectivity index (χ0) is 21.9. The van der Waals surface area contributed by atoms with Crippen LogP contribution in [-0.2, 0) is 10.0 Å². The summed E-state index contributed by atoms with van der Waals surface area (Å²) in [5, 5.41) is 0.224. The van der Waals surface area contributed by atoms with Crippen LogP contribution in [0.3, 0.4) is 0 Å². The number of hydrogen-bond acceptors (Lipinski definition) is 3. The molecule has 0 aliphatic carbocycles. The van der Waals surface area contributed by atoms with Crippen LogP contribution in [0.25, 0.3) is 6.08 Å². The van der Waals surface area contributed by atoms with E-state index >= 15 is 0 Å². The Hall–Kier alpha value is -2.74. The molecule has 1 N–H and O–H groups in total. The van der Waals surface area contributed by atoms with Crippen LogP contribution in [0.1, 0.15) is 15.9 Å². The van der Waals surface area contributed by atoms with Crippen molar-refractivity contribution in [1.29, 1.82) is 0 Å². The Balaban J connectivity index is 1.75. The van der Waals surface area contributed by atoms with Gasteiger partial charge in [0.2, 0.25) is 0 Å². The van der Waals surface area contributed by atoms with Crippen molar-refractivity contribution in [3.05, 3.63) is 99.5 Å². The molecule has 0 saturated heterocycles. The Morgan fingerprint density at radius 2 is 1.63 bits per heavy atom. The van der Waals surface area contributed by atoms with Crippen molar-refractivity contribution >= 4 is 50.8 Å². The molecular weight excluding hydrogens is 455 g/mol. The maximum atomic E-state index is 13.6. The maximum absolute atomic E-state index is 13.6. The average molecular weight is 468 g/mol. The SMILES string of the molecule is O=C(/C=C/c1ccc(F)cc1F)c1ccc(NS(=O)(=O)c2cc(Cl)ccc2Cl)cc1. The van der Waals surface area contributed by atoms with E-state index in [9.17, 15) is 22.0 Å². The summed E-state index contributed by atoms with van der Waals surface area (Å²) in [6, 6.07) is 12.7. The van der Waals surface area contributed by atoms with Crippen LogP contribution in [0.5, 0.6) is 0 Å². The Kier molecular flexibility index (Phi) is 6.55. The van der Waals surface area contributed by atoms with Gasteiger partial charge in [-0.15, -0.1) is 0 Å². The van der Waals surface area contributed by atoms with Gasteiger partial charge in [0.25, 0.3) is 10.0 Å². The number of sulfonamides is 1. The minimum atomic E-state index is -3.99. The lowest BCUT2D eigenvalue weighted by atomic mass is 10.1. The number of rotatable bonds is 6. The molecule has 0 atom stereocenters. The number of anilines is 1. The molecule has 0 heterocycles. The normalized spacial score (nSPS) is 11.6. The molecule has 3 aromatic carbocycles. The number of hydrogen-bond donors (Lipinski definition) is 1. The fourth-order valence-corrected chi connectivity index (χ4v) is 4.32. The van der Waals surface area contributed by atoms with E-state index in [4.69, 9.17) is 23.2 Å². The molecule has 0 saturated carbocycles. The number of allylic oxidation sites excluding steroid dienone is 1. The first-order valence-corrected chi connectivity index (χ1v) is 10.6. The minimum Gasteiger partial charge on any atom is -0.289 e. The van der Waals surface area contributed by atoms with E-state index in [1.54, 1.807) is 0 Å². The van der Waals surface area contributed by atoms with Crippen molar-refractivity contribution < 1.29 is 22.0 Å². The van der Waals surface area contributed by atoms with E-state index < -0.39 is 27.4 Å². The van der Waals surface area contributed by atoms with Crippen LogP contribution >= 0.6 is 23.2 Å². The second-order valence-electron chi connectivity index (χ2n) is 6.12. The van der Waals surface area contributed by atoms with Crippen LogP contribution in [0, 0.1) is 11.6 Å². The molecule has 4 nitrogen and oxygen atoms in total. The second kappa shape index (κ2) is 8.95. The molecule has 0 aromatic heterocycles. The molecule has 0 aliphatic rings. The van der Waals surface area contributed by atoms with E-state index in [-0.39, 0.29) is 31.8 Å². The van der Waals surface area contributed by atoms with Gasteiger partial charge in [-0.2, -0.15) is 0 Å². The number of halogens is 4. The predicted molar refractivity (Wildman–Crippen MR) is 113 cm³/mol. The van der Waals surface area contributed by atoms with Gasteiger partial charge in [-0.25, -0.2) is 17.2 Å². The topological polar surface area (TPSA) is 63.2 Å². The number of benzene rings is 3. The Morgan fingerprint density at radius 3 is 2.30 bits per heavy atom. The maximum Gasteiger partial charge on any atom is 0.263 e. The van der Waals surface area contributed by atoms with Crippen molar-refractivity contribution in [2.75, 3.05) is 4.72 Å². The third kappa shape index (κ3) is 5.24. The highest BCUT2D eigenvalue weighted by molar-refractivity contribution is 7.92. The molecule has 3 rings (SSSR count). The summed E-state index contributed by atoms with van der Waals surface area (Å²) in [4.78, 5) is 12.1. The van der Waals surface area contributed by atoms with E-state index in [1.165, 1.54) is 54.6 Å². The first kappa shape index (κ1) is 22.0. The third-order valence-electron chi connectivity index (χ3n) is 3.98. The van der Waals surface area contributed by atoms with Gasteiger partial charge in [-0.1, -0.05) is 23.2 Å². The zero-order valence-corrected chi connectivity index (χ0v) is 17.4. The summed E-state index contributed by atoms with van der Waals surface area (Å²) in [6.45, 7) is 0. The lowest BCUT2D eigenvalue weighted by molar-refractivity contribution is 0.104. The van der Waals surface area contributed by atoms with Crippen molar-refractivity contribution in [1.82, 2.24) is 0 Å². The lowest BCUT2D eigenvalue weighted by Gasteiger charge is -2.10. The van der Waals surface area contributed by atoms with Crippen LogP contribution < -0.4 is 4.72 Å². The molecule has 0 unspecified atom stereocenters. The van der Waals surface area contributed by atoms with E-state index in [1.807, 2.05) is 0 Å². The minimum absolute atomic E-state index is 0.0110. The largest absolute Gasteiger partial charge is 0.289 e. The van der Waals surface area contributed by atoms with E-state index in [0.29, 0.717) is 0 Å². The number of carbonyl (C=O) groups excluding carboxylic acids is 1. The number of carbonyl (C=O) groups is 1. The molecule has 30 heavy (non-hydrogen) atoms. The summed E-state index contributed by atoms with van der Waals surface area (Å²) >= 11 is 11.8. The quantitative estimate of drug-likeness (QED) is 0.358. The molecule has 0 radical (unpaired) electrons. The van der Waals surface area contributed by atoms with Crippen molar-refractivity contribution in [3.63, 3.8) is 0 Å². The molecule has 0 aliphatic heterocycles. The predicted octanol–water partition coefficient (Wildman–Crippen LogP) is 5.97. The highest BCUT2D eigenvalue weighted by Crippen LogP contribution is 2.27. The van der Waals surface area contributed by atoms with Crippen molar-refractivity contribution in [2.45, 2.75) is 4.90 Å². The second-order valence-corrected chi connectivity index (χ2v) is 8.62. The summed E-state index contributed by atoms with van der Waals surface area (Å²) in [5.74, 6) is -1.94. The highest BCUT2D eigenvalue weighted by atomic mass is 35.5. The van der Waals surface area contributed by atoms with Crippen LogP contribution in [0.15, 0.2) is 71.6 Å². The molecule has 3 aromatic rings. The molecule has 0 amide bonds. The van der Waals surface area contributed by atoms with Gasteiger partial charge < -0.3 is 0 Å². The molecule has 0 fully saturated rings. The standard InChI is InChI=1S/C21H13Cl2F2NO3S/c22-15-5-9-18(23)21(11-15)30(28,29)26-17-7-2-14(3-8-17)20(27)10-4-13-1-6-16(24)12-19(13)25/h1-12,26H/b10-4+.